The second-order valence-electron chi connectivity index (χ2n) is 9.91. The van der Waals surface area contributed by atoms with Gasteiger partial charge in [-0.25, -0.2) is 15.0 Å². The van der Waals surface area contributed by atoms with Crippen LogP contribution in [0.5, 0.6) is 0 Å². The molecule has 1 amide bonds. The van der Waals surface area contributed by atoms with Gasteiger partial charge in [-0.15, -0.1) is 0 Å². The third-order valence-corrected chi connectivity index (χ3v) is 8.10. The van der Waals surface area contributed by atoms with E-state index < -0.39 is 5.60 Å². The summed E-state index contributed by atoms with van der Waals surface area (Å²) in [5, 5.41) is 11.9. The maximum Gasteiger partial charge on any atom is 0.290 e. The van der Waals surface area contributed by atoms with Crippen LogP contribution in [0.1, 0.15) is 66.8 Å². The number of carbonyl (C=O) groups is 1. The largest absolute Gasteiger partial charge is 0.385 e. The zero-order valence-electron chi connectivity index (χ0n) is 19.4. The van der Waals surface area contributed by atoms with Crippen LogP contribution in [-0.4, -0.2) is 48.0 Å². The average molecular weight is 458 g/mol. The van der Waals surface area contributed by atoms with Crippen molar-refractivity contribution in [1.82, 2.24) is 24.4 Å². The molecule has 176 valence electrons. The highest BCUT2D eigenvalue weighted by molar-refractivity contribution is 5.92. The Bertz CT molecular complexity index is 1180. The highest BCUT2D eigenvalue weighted by Crippen LogP contribution is 2.47. The van der Waals surface area contributed by atoms with Gasteiger partial charge in [0.05, 0.1) is 5.60 Å². The molecule has 3 aromatic rings. The van der Waals surface area contributed by atoms with Gasteiger partial charge in [0.2, 0.25) is 0 Å². The number of benzene rings is 1. The van der Waals surface area contributed by atoms with E-state index in [4.69, 9.17) is 4.98 Å². The molecule has 7 nitrogen and oxygen atoms in total. The summed E-state index contributed by atoms with van der Waals surface area (Å²) < 4.78 is 2.10. The molecule has 2 aliphatic heterocycles. The Morgan fingerprint density at radius 1 is 0.971 bits per heavy atom. The number of aliphatic hydroxyl groups is 1. The zero-order valence-corrected chi connectivity index (χ0v) is 19.4. The SMILES string of the molecule is O=C(c1nc(-c2ncccn2)c2n1CCCC2)N1CC[C@](O)(c2ccccc2)[C@H]2CCCCC21. The number of rotatable bonds is 3. The summed E-state index contributed by atoms with van der Waals surface area (Å²) in [5.74, 6) is 1.11. The van der Waals surface area contributed by atoms with Crippen LogP contribution in [-0.2, 0) is 18.6 Å². The van der Waals surface area contributed by atoms with Crippen molar-refractivity contribution in [3.8, 4) is 11.5 Å². The number of aromatic nitrogens is 4. The fourth-order valence-corrected chi connectivity index (χ4v) is 6.46. The van der Waals surface area contributed by atoms with Gasteiger partial charge in [0, 0.05) is 43.1 Å². The minimum atomic E-state index is -0.891. The number of nitrogens with zero attached hydrogens (tertiary/aromatic N) is 5. The predicted octanol–water partition coefficient (Wildman–Crippen LogP) is 3.97. The van der Waals surface area contributed by atoms with Gasteiger partial charge in [-0.05, 0) is 50.2 Å². The summed E-state index contributed by atoms with van der Waals surface area (Å²) in [6.45, 7) is 1.33. The molecule has 1 aromatic carbocycles. The molecule has 1 N–H and O–H groups in total. The molecular formula is C27H31N5O2. The summed E-state index contributed by atoms with van der Waals surface area (Å²) >= 11 is 0. The second kappa shape index (κ2) is 8.62. The van der Waals surface area contributed by atoms with E-state index in [0.717, 1.165) is 68.4 Å². The minimum Gasteiger partial charge on any atom is -0.385 e. The Kier molecular flexibility index (Phi) is 5.44. The number of fused-ring (bicyclic) bond motifs is 2. The van der Waals surface area contributed by atoms with Gasteiger partial charge in [-0.3, -0.25) is 4.79 Å². The summed E-state index contributed by atoms with van der Waals surface area (Å²) in [4.78, 5) is 29.7. The Hall–Kier alpha value is -3.06. The molecule has 2 fully saturated rings. The fourth-order valence-electron chi connectivity index (χ4n) is 6.46. The van der Waals surface area contributed by atoms with E-state index in [-0.39, 0.29) is 17.9 Å². The Morgan fingerprint density at radius 3 is 2.59 bits per heavy atom. The molecule has 0 bridgehead atoms. The molecule has 34 heavy (non-hydrogen) atoms. The molecule has 7 heteroatoms. The van der Waals surface area contributed by atoms with Crippen molar-refractivity contribution >= 4 is 5.91 Å². The third kappa shape index (κ3) is 3.45. The van der Waals surface area contributed by atoms with Crippen LogP contribution in [0.3, 0.4) is 0 Å². The summed E-state index contributed by atoms with van der Waals surface area (Å²) in [5.41, 5.74) is 1.89. The van der Waals surface area contributed by atoms with E-state index in [1.54, 1.807) is 18.5 Å². The van der Waals surface area contributed by atoms with E-state index in [0.29, 0.717) is 24.6 Å². The lowest BCUT2D eigenvalue weighted by atomic mass is 9.66. The van der Waals surface area contributed by atoms with E-state index in [1.807, 2.05) is 35.2 Å². The molecule has 4 heterocycles. The van der Waals surface area contributed by atoms with Gasteiger partial charge in [0.15, 0.2) is 11.6 Å². The maximum atomic E-state index is 14.0. The number of hydrogen-bond donors (Lipinski definition) is 1. The summed E-state index contributed by atoms with van der Waals surface area (Å²) in [6.07, 6.45) is 11.0. The molecule has 1 saturated carbocycles. The Balaban J connectivity index is 1.36. The zero-order chi connectivity index (χ0) is 23.1. The number of hydrogen-bond acceptors (Lipinski definition) is 5. The van der Waals surface area contributed by atoms with Crippen LogP contribution in [0.15, 0.2) is 48.8 Å². The van der Waals surface area contributed by atoms with Crippen molar-refractivity contribution in [2.45, 2.75) is 69.6 Å². The Morgan fingerprint density at radius 2 is 1.76 bits per heavy atom. The Labute approximate surface area is 199 Å². The van der Waals surface area contributed by atoms with Crippen molar-refractivity contribution in [3.05, 3.63) is 65.9 Å². The van der Waals surface area contributed by atoms with Crippen molar-refractivity contribution in [1.29, 1.82) is 0 Å². The first kappa shape index (κ1) is 21.5. The summed E-state index contributed by atoms with van der Waals surface area (Å²) in [7, 11) is 0. The lowest BCUT2D eigenvalue weighted by Crippen LogP contribution is -2.59. The first-order chi connectivity index (χ1) is 16.7. The molecule has 0 spiro atoms. The molecule has 2 aromatic heterocycles. The first-order valence-electron chi connectivity index (χ1n) is 12.6. The quantitative estimate of drug-likeness (QED) is 0.643. The van der Waals surface area contributed by atoms with Crippen LogP contribution in [0.2, 0.25) is 0 Å². The van der Waals surface area contributed by atoms with Crippen LogP contribution in [0, 0.1) is 5.92 Å². The van der Waals surface area contributed by atoms with Crippen molar-refractivity contribution < 1.29 is 9.90 Å². The summed E-state index contributed by atoms with van der Waals surface area (Å²) in [6, 6.07) is 11.8. The normalized spacial score (nSPS) is 26.6. The highest BCUT2D eigenvalue weighted by Gasteiger charge is 2.51. The third-order valence-electron chi connectivity index (χ3n) is 8.10. The number of piperidine rings is 1. The molecule has 3 atom stereocenters. The van der Waals surface area contributed by atoms with Crippen LogP contribution in [0.25, 0.3) is 11.5 Å². The second-order valence-corrected chi connectivity index (χ2v) is 9.91. The molecule has 3 aliphatic rings. The minimum absolute atomic E-state index is 0.0163. The molecule has 1 saturated heterocycles. The van der Waals surface area contributed by atoms with Gasteiger partial charge in [-0.1, -0.05) is 43.2 Å². The van der Waals surface area contributed by atoms with Gasteiger partial charge < -0.3 is 14.6 Å². The van der Waals surface area contributed by atoms with Crippen LogP contribution >= 0.6 is 0 Å². The van der Waals surface area contributed by atoms with Gasteiger partial charge in [-0.2, -0.15) is 0 Å². The molecule has 0 radical (unpaired) electrons. The first-order valence-corrected chi connectivity index (χ1v) is 12.6. The topological polar surface area (TPSA) is 84.1 Å². The van der Waals surface area contributed by atoms with E-state index >= 15 is 0 Å². The molecule has 1 aliphatic carbocycles. The lowest BCUT2D eigenvalue weighted by molar-refractivity contribution is -0.110. The fraction of sp³-hybridized carbons (Fsp3) is 0.481. The highest BCUT2D eigenvalue weighted by atomic mass is 16.3. The van der Waals surface area contributed by atoms with Crippen molar-refractivity contribution in [3.63, 3.8) is 0 Å². The number of carbonyl (C=O) groups excluding carboxylic acids is 1. The van der Waals surface area contributed by atoms with Gasteiger partial charge in [0.1, 0.15) is 5.69 Å². The monoisotopic (exact) mass is 457 g/mol. The molecule has 6 rings (SSSR count). The predicted molar refractivity (Wildman–Crippen MR) is 128 cm³/mol. The maximum absolute atomic E-state index is 14.0. The lowest BCUT2D eigenvalue weighted by Gasteiger charge is -2.52. The van der Waals surface area contributed by atoms with Crippen LogP contribution < -0.4 is 0 Å². The smallest absolute Gasteiger partial charge is 0.290 e. The molecular weight excluding hydrogens is 426 g/mol. The van der Waals surface area contributed by atoms with Gasteiger partial charge >= 0.3 is 0 Å². The molecule has 1 unspecified atom stereocenters. The number of amides is 1. The standard InChI is InChI=1S/C27H31N5O2/c33-26(25-30-23(24-28-15-8-16-29-24)22-13-6-7-17-31(22)25)32-18-14-27(34,19-9-2-1-3-10-19)20-11-4-5-12-21(20)32/h1-3,8-10,15-16,20-21,34H,4-7,11-14,17-18H2/t20-,21?,27-/m0/s1. The van der Waals surface area contributed by atoms with Crippen LogP contribution in [0.4, 0.5) is 0 Å². The number of likely N-dealkylation sites (tertiary alicyclic amines) is 1. The van der Waals surface area contributed by atoms with Gasteiger partial charge in [0.25, 0.3) is 5.91 Å². The van der Waals surface area contributed by atoms with E-state index in [9.17, 15) is 9.90 Å². The van der Waals surface area contributed by atoms with Crippen molar-refractivity contribution in [2.24, 2.45) is 5.92 Å². The van der Waals surface area contributed by atoms with Crippen molar-refractivity contribution in [2.75, 3.05) is 6.54 Å². The average Bonchev–Trinajstić information content (AvgIpc) is 3.30. The number of imidazole rings is 1. The van der Waals surface area contributed by atoms with E-state index in [1.165, 1.54) is 0 Å². The van der Waals surface area contributed by atoms with E-state index in [2.05, 4.69) is 14.5 Å².